The molecular formula is C17H13F4NO2. The van der Waals surface area contributed by atoms with Crippen LogP contribution in [0.15, 0.2) is 30.3 Å². The molecule has 0 unspecified atom stereocenters. The maximum atomic E-state index is 14.0. The standard InChI is InChI=1S/C17H13F4NO2/c1-3-5-12-13(18)15(20)17(16(21)14(12)19)24-11-7-4-6-10(8-11)22-9(2)23/h3-8H,1-2H3,(H,22,23)/b5-3+. The zero-order valence-electron chi connectivity index (χ0n) is 12.8. The van der Waals surface area contributed by atoms with Crippen molar-refractivity contribution < 1.29 is 27.1 Å². The minimum Gasteiger partial charge on any atom is -0.451 e. The summed E-state index contributed by atoms with van der Waals surface area (Å²) in [6.45, 7) is 2.73. The molecule has 0 bridgehead atoms. The summed E-state index contributed by atoms with van der Waals surface area (Å²) in [7, 11) is 0. The van der Waals surface area contributed by atoms with Crippen molar-refractivity contribution in [3.05, 3.63) is 59.2 Å². The van der Waals surface area contributed by atoms with Gasteiger partial charge < -0.3 is 10.1 Å². The Labute approximate surface area is 135 Å². The molecule has 0 atom stereocenters. The van der Waals surface area contributed by atoms with Crippen molar-refractivity contribution in [2.45, 2.75) is 13.8 Å². The Morgan fingerprint density at radius 2 is 1.71 bits per heavy atom. The van der Waals surface area contributed by atoms with Crippen LogP contribution < -0.4 is 10.1 Å². The van der Waals surface area contributed by atoms with E-state index in [4.69, 9.17) is 4.74 Å². The molecule has 1 amide bonds. The van der Waals surface area contributed by atoms with Crippen LogP contribution in [0.1, 0.15) is 19.4 Å². The average Bonchev–Trinajstić information content (AvgIpc) is 2.53. The summed E-state index contributed by atoms with van der Waals surface area (Å²) in [6.07, 6.45) is 2.16. The molecule has 7 heteroatoms. The molecule has 2 aromatic rings. The molecule has 0 fully saturated rings. The number of rotatable bonds is 4. The van der Waals surface area contributed by atoms with E-state index in [2.05, 4.69) is 5.32 Å². The second kappa shape index (κ2) is 7.16. The normalized spacial score (nSPS) is 10.9. The van der Waals surface area contributed by atoms with Crippen molar-refractivity contribution in [3.63, 3.8) is 0 Å². The summed E-state index contributed by atoms with van der Waals surface area (Å²) < 4.78 is 60.7. The molecule has 1 N–H and O–H groups in total. The molecule has 0 heterocycles. The summed E-state index contributed by atoms with van der Waals surface area (Å²) in [5, 5.41) is 2.45. The number of ether oxygens (including phenoxy) is 1. The summed E-state index contributed by atoms with van der Waals surface area (Å²) in [5.41, 5.74) is -0.529. The van der Waals surface area contributed by atoms with Gasteiger partial charge in [-0.2, -0.15) is 8.78 Å². The summed E-state index contributed by atoms with van der Waals surface area (Å²) >= 11 is 0. The number of amides is 1. The lowest BCUT2D eigenvalue weighted by molar-refractivity contribution is -0.114. The Morgan fingerprint density at radius 3 is 2.25 bits per heavy atom. The van der Waals surface area contributed by atoms with Gasteiger partial charge in [0.05, 0.1) is 5.56 Å². The molecule has 0 aromatic heterocycles. The molecule has 2 rings (SSSR count). The first-order valence-corrected chi connectivity index (χ1v) is 6.89. The van der Waals surface area contributed by atoms with Crippen LogP contribution in [0.3, 0.4) is 0 Å². The SMILES string of the molecule is C/C=C/c1c(F)c(F)c(Oc2cccc(NC(C)=O)c2)c(F)c1F. The lowest BCUT2D eigenvalue weighted by atomic mass is 10.1. The van der Waals surface area contributed by atoms with Crippen molar-refractivity contribution in [2.75, 3.05) is 5.32 Å². The van der Waals surface area contributed by atoms with Crippen molar-refractivity contribution in [2.24, 2.45) is 0 Å². The Kier molecular flexibility index (Phi) is 5.23. The van der Waals surface area contributed by atoms with E-state index >= 15 is 0 Å². The van der Waals surface area contributed by atoms with Gasteiger partial charge >= 0.3 is 0 Å². The van der Waals surface area contributed by atoms with E-state index in [0.717, 1.165) is 6.08 Å². The van der Waals surface area contributed by atoms with E-state index in [1.807, 2.05) is 0 Å². The van der Waals surface area contributed by atoms with E-state index in [9.17, 15) is 22.4 Å². The maximum absolute atomic E-state index is 14.0. The zero-order valence-corrected chi connectivity index (χ0v) is 12.8. The number of benzene rings is 2. The van der Waals surface area contributed by atoms with E-state index in [1.165, 1.54) is 44.2 Å². The number of carbonyl (C=O) groups is 1. The fraction of sp³-hybridized carbons (Fsp3) is 0.118. The van der Waals surface area contributed by atoms with Gasteiger partial charge in [0.15, 0.2) is 11.6 Å². The van der Waals surface area contributed by atoms with Crippen LogP contribution in [0.25, 0.3) is 6.08 Å². The van der Waals surface area contributed by atoms with E-state index < -0.39 is 34.6 Å². The van der Waals surface area contributed by atoms with Crippen LogP contribution in [-0.2, 0) is 4.79 Å². The van der Waals surface area contributed by atoms with Gasteiger partial charge in [-0.15, -0.1) is 0 Å². The Hall–Kier alpha value is -2.83. The minimum atomic E-state index is -1.65. The Morgan fingerprint density at radius 1 is 1.08 bits per heavy atom. The highest BCUT2D eigenvalue weighted by atomic mass is 19.2. The van der Waals surface area contributed by atoms with Gasteiger partial charge in [-0.05, 0) is 19.1 Å². The molecule has 0 spiro atoms. The van der Waals surface area contributed by atoms with Gasteiger partial charge in [0.2, 0.25) is 23.3 Å². The van der Waals surface area contributed by atoms with Gasteiger partial charge in [0.1, 0.15) is 5.75 Å². The smallest absolute Gasteiger partial charge is 0.221 e. The first-order valence-electron chi connectivity index (χ1n) is 6.89. The largest absolute Gasteiger partial charge is 0.451 e. The molecule has 0 saturated heterocycles. The first-order chi connectivity index (χ1) is 11.3. The number of anilines is 1. The Balaban J connectivity index is 2.46. The van der Waals surface area contributed by atoms with Gasteiger partial charge in [0, 0.05) is 18.7 Å². The lowest BCUT2D eigenvalue weighted by Crippen LogP contribution is -2.06. The first kappa shape index (κ1) is 17.5. The van der Waals surface area contributed by atoms with Gasteiger partial charge in [-0.25, -0.2) is 8.78 Å². The summed E-state index contributed by atoms with van der Waals surface area (Å²) in [5.74, 6) is -8.06. The van der Waals surface area contributed by atoms with Crippen molar-refractivity contribution >= 4 is 17.7 Å². The number of carbonyl (C=O) groups excluding carboxylic acids is 1. The van der Waals surface area contributed by atoms with Crippen molar-refractivity contribution in [1.29, 1.82) is 0 Å². The van der Waals surface area contributed by atoms with Crippen LogP contribution in [0, 0.1) is 23.3 Å². The van der Waals surface area contributed by atoms with Gasteiger partial charge in [-0.1, -0.05) is 18.2 Å². The summed E-state index contributed by atoms with van der Waals surface area (Å²) in [4.78, 5) is 11.0. The number of allylic oxidation sites excluding steroid dienone is 1. The minimum absolute atomic E-state index is 0.100. The fourth-order valence-electron chi connectivity index (χ4n) is 1.99. The van der Waals surface area contributed by atoms with Crippen molar-refractivity contribution in [3.8, 4) is 11.5 Å². The quantitative estimate of drug-likeness (QED) is 0.627. The van der Waals surface area contributed by atoms with Crippen LogP contribution >= 0.6 is 0 Å². The number of hydrogen-bond donors (Lipinski definition) is 1. The number of hydrogen-bond acceptors (Lipinski definition) is 2. The second-order valence-electron chi connectivity index (χ2n) is 4.81. The third-order valence-electron chi connectivity index (χ3n) is 2.96. The average molecular weight is 339 g/mol. The van der Waals surface area contributed by atoms with Crippen LogP contribution in [0.4, 0.5) is 23.2 Å². The molecular weight excluding hydrogens is 326 g/mol. The summed E-state index contributed by atoms with van der Waals surface area (Å²) in [6, 6.07) is 5.53. The fourth-order valence-corrected chi connectivity index (χ4v) is 1.99. The predicted octanol–water partition coefficient (Wildman–Crippen LogP) is 5.03. The monoisotopic (exact) mass is 339 g/mol. The number of nitrogens with one attached hydrogen (secondary N) is 1. The van der Waals surface area contributed by atoms with Crippen molar-refractivity contribution in [1.82, 2.24) is 0 Å². The highest BCUT2D eigenvalue weighted by Crippen LogP contribution is 2.34. The highest BCUT2D eigenvalue weighted by Gasteiger charge is 2.25. The van der Waals surface area contributed by atoms with Gasteiger partial charge in [0.25, 0.3) is 0 Å². The lowest BCUT2D eigenvalue weighted by Gasteiger charge is -2.12. The molecule has 0 saturated carbocycles. The van der Waals surface area contributed by atoms with Crippen LogP contribution in [0.2, 0.25) is 0 Å². The maximum Gasteiger partial charge on any atom is 0.221 e. The van der Waals surface area contributed by atoms with Gasteiger partial charge in [-0.3, -0.25) is 4.79 Å². The van der Waals surface area contributed by atoms with E-state index in [1.54, 1.807) is 0 Å². The number of halogens is 4. The molecule has 3 nitrogen and oxygen atoms in total. The molecule has 2 aromatic carbocycles. The molecule has 126 valence electrons. The van der Waals surface area contributed by atoms with Crippen LogP contribution in [0.5, 0.6) is 11.5 Å². The second-order valence-corrected chi connectivity index (χ2v) is 4.81. The molecule has 0 aliphatic carbocycles. The predicted molar refractivity (Wildman–Crippen MR) is 81.8 cm³/mol. The molecule has 0 aliphatic heterocycles. The third kappa shape index (κ3) is 3.56. The third-order valence-corrected chi connectivity index (χ3v) is 2.96. The molecule has 24 heavy (non-hydrogen) atoms. The molecule has 0 aliphatic rings. The van der Waals surface area contributed by atoms with E-state index in [0.29, 0.717) is 5.69 Å². The molecule has 0 radical (unpaired) electrons. The van der Waals surface area contributed by atoms with Crippen LogP contribution in [-0.4, -0.2) is 5.91 Å². The topological polar surface area (TPSA) is 38.3 Å². The highest BCUT2D eigenvalue weighted by molar-refractivity contribution is 5.88. The Bertz CT molecular complexity index is 789. The zero-order chi connectivity index (χ0) is 17.9. The van der Waals surface area contributed by atoms with E-state index in [-0.39, 0.29) is 11.7 Å².